The fraction of sp³-hybridized carbons (Fsp3) is 0.333. The third-order valence-corrected chi connectivity index (χ3v) is 5.92. The molecular weight excluding hydrogens is 325 g/mol. The molecule has 4 nitrogen and oxygen atoms in total. The molecule has 1 fully saturated rings. The molecule has 3 rings (SSSR count). The van der Waals surface area contributed by atoms with Crippen LogP contribution < -0.4 is 11.1 Å². The van der Waals surface area contributed by atoms with Crippen LogP contribution in [0.1, 0.15) is 12.0 Å². The maximum Gasteiger partial charge on any atom is 0.128 e. The third kappa shape index (κ3) is 3.83. The van der Waals surface area contributed by atoms with Gasteiger partial charge in [0, 0.05) is 36.9 Å². The Kier molecular flexibility index (Phi) is 5.60. The summed E-state index contributed by atoms with van der Waals surface area (Å²) < 4.78 is 28.8. The van der Waals surface area contributed by atoms with Crippen LogP contribution in [-0.2, 0) is 17.4 Å². The fourth-order valence-corrected chi connectivity index (χ4v) is 4.40. The van der Waals surface area contributed by atoms with Crippen molar-refractivity contribution in [2.75, 3.05) is 25.4 Å². The lowest BCUT2D eigenvalue weighted by atomic mass is 10.0. The van der Waals surface area contributed by atoms with Crippen LogP contribution in [0.15, 0.2) is 53.4 Å². The number of nitrogen functional groups attached to an aromatic ring is 1. The van der Waals surface area contributed by atoms with Crippen LogP contribution in [0, 0.1) is 5.82 Å². The van der Waals surface area contributed by atoms with E-state index >= 15 is 0 Å². The van der Waals surface area contributed by atoms with Crippen molar-refractivity contribution in [1.82, 2.24) is 9.62 Å². The Bertz CT molecular complexity index is 690. The Labute approximate surface area is 144 Å². The van der Waals surface area contributed by atoms with Crippen LogP contribution in [0.4, 0.5) is 10.1 Å². The van der Waals surface area contributed by atoms with Crippen LogP contribution in [-0.4, -0.2) is 34.2 Å². The van der Waals surface area contributed by atoms with Crippen LogP contribution in [0.5, 0.6) is 0 Å². The highest BCUT2D eigenvalue weighted by Crippen LogP contribution is 2.22. The number of benzene rings is 2. The molecule has 3 N–H and O–H groups in total. The summed E-state index contributed by atoms with van der Waals surface area (Å²) >= 11 is 0. The maximum atomic E-state index is 14.0. The average Bonchev–Trinajstić information content (AvgIpc) is 2.62. The molecule has 1 saturated heterocycles. The summed E-state index contributed by atoms with van der Waals surface area (Å²) in [6, 6.07) is 14.3. The predicted molar refractivity (Wildman–Crippen MR) is 95.3 cm³/mol. The predicted octanol–water partition coefficient (Wildman–Crippen LogP) is 2.34. The molecule has 0 amide bonds. The number of nitrogens with two attached hydrogens (primary N) is 1. The SMILES string of the molecule is Nc1cccc(F)c1CCC1CNCCN1S(=O)c1ccccc1. The summed E-state index contributed by atoms with van der Waals surface area (Å²) in [6.07, 6.45) is 1.24. The average molecular weight is 347 g/mol. The first-order chi connectivity index (χ1) is 11.7. The lowest BCUT2D eigenvalue weighted by Crippen LogP contribution is -2.51. The molecule has 6 heteroatoms. The Morgan fingerprint density at radius 2 is 2.00 bits per heavy atom. The minimum Gasteiger partial charge on any atom is -0.398 e. The highest BCUT2D eigenvalue weighted by Gasteiger charge is 2.27. The van der Waals surface area contributed by atoms with E-state index in [0.717, 1.165) is 18.0 Å². The number of piperazine rings is 1. The summed E-state index contributed by atoms with van der Waals surface area (Å²) in [5.74, 6) is -0.269. The van der Waals surface area contributed by atoms with E-state index in [0.29, 0.717) is 30.6 Å². The number of anilines is 1. The molecule has 2 aromatic rings. The zero-order chi connectivity index (χ0) is 16.9. The normalized spacial score (nSPS) is 20.0. The van der Waals surface area contributed by atoms with Crippen LogP contribution in [0.3, 0.4) is 0 Å². The van der Waals surface area contributed by atoms with E-state index in [1.54, 1.807) is 12.1 Å². The second kappa shape index (κ2) is 7.88. The number of halogens is 1. The second-order valence-corrected chi connectivity index (χ2v) is 7.35. The summed E-state index contributed by atoms with van der Waals surface area (Å²) in [5, 5.41) is 3.34. The minimum atomic E-state index is -1.20. The first kappa shape index (κ1) is 17.1. The Morgan fingerprint density at radius 3 is 2.75 bits per heavy atom. The van der Waals surface area contributed by atoms with Gasteiger partial charge in [-0.05, 0) is 37.1 Å². The molecule has 24 heavy (non-hydrogen) atoms. The van der Waals surface area contributed by atoms with Gasteiger partial charge in [0.15, 0.2) is 0 Å². The minimum absolute atomic E-state index is 0.0822. The first-order valence-electron chi connectivity index (χ1n) is 8.14. The molecule has 1 aliphatic heterocycles. The van der Waals surface area contributed by atoms with E-state index in [1.165, 1.54) is 6.07 Å². The van der Waals surface area contributed by atoms with E-state index < -0.39 is 11.0 Å². The topological polar surface area (TPSA) is 58.4 Å². The molecule has 0 radical (unpaired) electrons. The zero-order valence-corrected chi connectivity index (χ0v) is 14.3. The van der Waals surface area contributed by atoms with Crippen LogP contribution in [0.2, 0.25) is 0 Å². The monoisotopic (exact) mass is 347 g/mol. The van der Waals surface area contributed by atoms with Crippen molar-refractivity contribution in [2.24, 2.45) is 0 Å². The number of rotatable bonds is 5. The highest BCUT2D eigenvalue weighted by molar-refractivity contribution is 7.82. The Morgan fingerprint density at radius 1 is 1.21 bits per heavy atom. The van der Waals surface area contributed by atoms with Gasteiger partial charge in [-0.25, -0.2) is 12.9 Å². The molecule has 2 atom stereocenters. The highest BCUT2D eigenvalue weighted by atomic mass is 32.2. The van der Waals surface area contributed by atoms with Gasteiger partial charge in [0.05, 0.1) is 4.90 Å². The van der Waals surface area contributed by atoms with Crippen molar-refractivity contribution in [3.05, 3.63) is 59.9 Å². The number of hydrogen-bond acceptors (Lipinski definition) is 3. The van der Waals surface area contributed by atoms with Gasteiger partial charge in [0.25, 0.3) is 0 Å². The lowest BCUT2D eigenvalue weighted by molar-refractivity contribution is 0.267. The smallest absolute Gasteiger partial charge is 0.128 e. The van der Waals surface area contributed by atoms with Crippen molar-refractivity contribution in [3.8, 4) is 0 Å². The standard InChI is InChI=1S/C18H22FN3OS/c19-17-7-4-8-18(20)16(17)10-9-14-13-21-11-12-22(14)24(23)15-5-2-1-3-6-15/h1-8,14,21H,9-13,20H2. The molecule has 1 heterocycles. The van der Waals surface area contributed by atoms with Gasteiger partial charge >= 0.3 is 0 Å². The Balaban J connectivity index is 1.72. The quantitative estimate of drug-likeness (QED) is 0.816. The molecule has 0 aromatic heterocycles. The van der Waals surface area contributed by atoms with Crippen molar-refractivity contribution >= 4 is 16.7 Å². The summed E-state index contributed by atoms with van der Waals surface area (Å²) in [4.78, 5) is 0.801. The van der Waals surface area contributed by atoms with E-state index in [9.17, 15) is 8.60 Å². The maximum absolute atomic E-state index is 14.0. The molecular formula is C18H22FN3OS. The van der Waals surface area contributed by atoms with Gasteiger partial charge < -0.3 is 11.1 Å². The van der Waals surface area contributed by atoms with Crippen molar-refractivity contribution in [1.29, 1.82) is 0 Å². The van der Waals surface area contributed by atoms with Gasteiger partial charge in [0.2, 0.25) is 0 Å². The number of nitrogens with one attached hydrogen (secondary N) is 1. The van der Waals surface area contributed by atoms with E-state index in [2.05, 4.69) is 5.32 Å². The fourth-order valence-electron chi connectivity index (χ4n) is 3.03. The molecule has 0 spiro atoms. The first-order valence-corrected chi connectivity index (χ1v) is 9.24. The summed E-state index contributed by atoms with van der Waals surface area (Å²) in [7, 11) is -1.20. The van der Waals surface area contributed by atoms with Crippen molar-refractivity contribution in [2.45, 2.75) is 23.8 Å². The molecule has 2 aromatic carbocycles. The van der Waals surface area contributed by atoms with E-state index in [-0.39, 0.29) is 11.9 Å². The van der Waals surface area contributed by atoms with Gasteiger partial charge in [-0.3, -0.25) is 0 Å². The van der Waals surface area contributed by atoms with Crippen LogP contribution in [0.25, 0.3) is 0 Å². The van der Waals surface area contributed by atoms with E-state index in [4.69, 9.17) is 5.73 Å². The van der Waals surface area contributed by atoms with Crippen molar-refractivity contribution in [3.63, 3.8) is 0 Å². The molecule has 0 bridgehead atoms. The number of hydrogen-bond donors (Lipinski definition) is 2. The molecule has 1 aliphatic rings. The van der Waals surface area contributed by atoms with Gasteiger partial charge in [-0.15, -0.1) is 0 Å². The molecule has 0 saturated carbocycles. The lowest BCUT2D eigenvalue weighted by Gasteiger charge is -2.35. The largest absolute Gasteiger partial charge is 0.398 e. The number of nitrogens with zero attached hydrogens (tertiary/aromatic N) is 1. The van der Waals surface area contributed by atoms with Crippen LogP contribution >= 0.6 is 0 Å². The summed E-state index contributed by atoms with van der Waals surface area (Å²) in [6.45, 7) is 2.25. The molecule has 128 valence electrons. The van der Waals surface area contributed by atoms with Crippen molar-refractivity contribution < 1.29 is 8.60 Å². The van der Waals surface area contributed by atoms with E-state index in [1.807, 2.05) is 34.6 Å². The van der Waals surface area contributed by atoms with Gasteiger partial charge in [-0.2, -0.15) is 0 Å². The van der Waals surface area contributed by atoms with Gasteiger partial charge in [-0.1, -0.05) is 24.3 Å². The molecule has 2 unspecified atom stereocenters. The molecule has 0 aliphatic carbocycles. The Hall–Kier alpha value is -1.76. The van der Waals surface area contributed by atoms with Gasteiger partial charge in [0.1, 0.15) is 16.8 Å². The third-order valence-electron chi connectivity index (χ3n) is 4.34. The second-order valence-electron chi connectivity index (χ2n) is 5.91. The summed E-state index contributed by atoms with van der Waals surface area (Å²) in [5.41, 5.74) is 6.92. The zero-order valence-electron chi connectivity index (χ0n) is 13.5.